The second kappa shape index (κ2) is 9.31. The Labute approximate surface area is 258 Å². The van der Waals surface area contributed by atoms with Crippen molar-refractivity contribution < 1.29 is 4.42 Å². The fourth-order valence-corrected chi connectivity index (χ4v) is 7.16. The summed E-state index contributed by atoms with van der Waals surface area (Å²) in [6.45, 7) is 0. The van der Waals surface area contributed by atoms with E-state index in [4.69, 9.17) is 19.4 Å². The zero-order valence-corrected chi connectivity index (χ0v) is 24.3. The average Bonchev–Trinajstić information content (AvgIpc) is 3.54. The lowest BCUT2D eigenvalue weighted by atomic mass is 9.86. The molecule has 0 atom stereocenters. The first-order valence-corrected chi connectivity index (χ1v) is 15.4. The molecule has 10 rings (SSSR count). The smallest absolute Gasteiger partial charge is 0.227 e. The maximum atomic E-state index is 6.41. The van der Waals surface area contributed by atoms with Gasteiger partial charge in [0.15, 0.2) is 5.58 Å². The zero-order valence-electron chi connectivity index (χ0n) is 24.3. The third-order valence-electron chi connectivity index (χ3n) is 9.31. The minimum absolute atomic E-state index is 0.618. The average molecular weight is 576 g/mol. The number of allylic oxidation sites excluding steroid dienone is 1. The van der Waals surface area contributed by atoms with Gasteiger partial charge in [0, 0.05) is 27.8 Å². The van der Waals surface area contributed by atoms with Crippen molar-refractivity contribution in [3.63, 3.8) is 0 Å². The molecule has 45 heavy (non-hydrogen) atoms. The highest BCUT2D eigenvalue weighted by molar-refractivity contribution is 6.29. The summed E-state index contributed by atoms with van der Waals surface area (Å²) >= 11 is 0. The first-order valence-electron chi connectivity index (χ1n) is 15.4. The van der Waals surface area contributed by atoms with Crippen molar-refractivity contribution >= 4 is 60.4 Å². The number of pyridine rings is 2. The van der Waals surface area contributed by atoms with Gasteiger partial charge in [0.05, 0.1) is 16.9 Å². The van der Waals surface area contributed by atoms with Crippen molar-refractivity contribution in [2.75, 3.05) is 0 Å². The Morgan fingerprint density at radius 1 is 0.533 bits per heavy atom. The highest BCUT2D eigenvalue weighted by atomic mass is 16.3. The van der Waals surface area contributed by atoms with Gasteiger partial charge in [-0.2, -0.15) is 0 Å². The standard InChI is InChI=1S/C41H25N3O/c1-3-9-33-24(7-1)15-21-35(42-33)27-17-13-26-14-18-29-31(36-22-16-25-8-2-4-10-34(25)43-36)23-32(30-20-19-28(27)39(26)40(29)30)41-44-37-11-5-6-12-38(37)45-41/h1-3,5-9,11-23H,4,10H2. The molecule has 0 bridgehead atoms. The van der Waals surface area contributed by atoms with Gasteiger partial charge in [-0.15, -0.1) is 0 Å². The summed E-state index contributed by atoms with van der Waals surface area (Å²) < 4.78 is 6.41. The van der Waals surface area contributed by atoms with Gasteiger partial charge in [-0.05, 0) is 87.1 Å². The lowest BCUT2D eigenvalue weighted by Gasteiger charge is -2.19. The summed E-state index contributed by atoms with van der Waals surface area (Å²) in [5.74, 6) is 0.618. The van der Waals surface area contributed by atoms with Crippen molar-refractivity contribution in [2.45, 2.75) is 12.8 Å². The number of para-hydroxylation sites is 3. The van der Waals surface area contributed by atoms with Crippen LogP contribution < -0.4 is 0 Å². The van der Waals surface area contributed by atoms with E-state index in [1.54, 1.807) is 0 Å². The van der Waals surface area contributed by atoms with Crippen molar-refractivity contribution in [3.05, 3.63) is 133 Å². The molecule has 210 valence electrons. The van der Waals surface area contributed by atoms with E-state index in [1.807, 2.05) is 30.3 Å². The number of fused-ring (bicyclic) bond motifs is 3. The third-order valence-corrected chi connectivity index (χ3v) is 9.31. The van der Waals surface area contributed by atoms with Crippen molar-refractivity contribution in [1.29, 1.82) is 0 Å². The maximum absolute atomic E-state index is 6.41. The Kier molecular flexibility index (Phi) is 5.08. The predicted octanol–water partition coefficient (Wildman–Crippen LogP) is 10.6. The molecule has 4 heteroatoms. The van der Waals surface area contributed by atoms with Crippen LogP contribution in [0.4, 0.5) is 0 Å². The van der Waals surface area contributed by atoms with Crippen LogP contribution in [0.25, 0.3) is 94.4 Å². The van der Waals surface area contributed by atoms with E-state index < -0.39 is 0 Å². The van der Waals surface area contributed by atoms with Crippen LogP contribution in [0.1, 0.15) is 17.7 Å². The predicted molar refractivity (Wildman–Crippen MR) is 184 cm³/mol. The van der Waals surface area contributed by atoms with Crippen molar-refractivity contribution in [1.82, 2.24) is 15.0 Å². The van der Waals surface area contributed by atoms with Crippen LogP contribution >= 0.6 is 0 Å². The van der Waals surface area contributed by atoms with E-state index in [0.717, 1.165) is 74.0 Å². The number of aryl methyl sites for hydroxylation is 1. The Hall–Kier alpha value is -5.87. The molecular weight excluding hydrogens is 550 g/mol. The molecule has 0 fully saturated rings. The minimum Gasteiger partial charge on any atom is -0.436 e. The SMILES string of the molecule is C1=Cc2ccc(-c3cc(-c4nc5ccccc5o4)c4ccc5c(-c6ccc7ccccc7n6)ccc6ccc3c4c65)nc2CC1. The van der Waals surface area contributed by atoms with Crippen LogP contribution in [0.5, 0.6) is 0 Å². The highest BCUT2D eigenvalue weighted by Crippen LogP contribution is 2.46. The summed E-state index contributed by atoms with van der Waals surface area (Å²) in [7, 11) is 0. The normalized spacial score (nSPS) is 13.1. The molecule has 0 N–H and O–H groups in total. The van der Waals surface area contributed by atoms with Crippen molar-refractivity contribution in [3.8, 4) is 34.0 Å². The molecule has 3 aromatic heterocycles. The summed E-state index contributed by atoms with van der Waals surface area (Å²) in [5.41, 5.74) is 10.1. The number of hydrogen-bond acceptors (Lipinski definition) is 4. The quantitative estimate of drug-likeness (QED) is 0.197. The second-order valence-electron chi connectivity index (χ2n) is 11.9. The molecular formula is C41H25N3O. The molecule has 1 aliphatic carbocycles. The van der Waals surface area contributed by atoms with E-state index in [9.17, 15) is 0 Å². The van der Waals surface area contributed by atoms with Gasteiger partial charge < -0.3 is 4.42 Å². The minimum atomic E-state index is 0.618. The number of rotatable bonds is 3. The van der Waals surface area contributed by atoms with E-state index in [-0.39, 0.29) is 0 Å². The monoisotopic (exact) mass is 575 g/mol. The fraction of sp³-hybridized carbons (Fsp3) is 0.0488. The number of benzene rings is 6. The van der Waals surface area contributed by atoms with Crippen molar-refractivity contribution in [2.24, 2.45) is 0 Å². The second-order valence-corrected chi connectivity index (χ2v) is 11.9. The summed E-state index contributed by atoms with van der Waals surface area (Å²) in [5, 5.41) is 8.21. The molecule has 0 amide bonds. The van der Waals surface area contributed by atoms with Crippen LogP contribution in [-0.2, 0) is 6.42 Å². The molecule has 1 aliphatic rings. The molecule has 3 heterocycles. The third kappa shape index (κ3) is 3.69. The summed E-state index contributed by atoms with van der Waals surface area (Å²) in [6, 6.07) is 40.5. The van der Waals surface area contributed by atoms with Gasteiger partial charge in [-0.1, -0.05) is 91.0 Å². The summed E-state index contributed by atoms with van der Waals surface area (Å²) in [4.78, 5) is 15.3. The van der Waals surface area contributed by atoms with Crippen LogP contribution in [0.3, 0.4) is 0 Å². The lowest BCUT2D eigenvalue weighted by molar-refractivity contribution is 0.620. The summed E-state index contributed by atoms with van der Waals surface area (Å²) in [6.07, 6.45) is 6.38. The first kappa shape index (κ1) is 24.6. The zero-order chi connectivity index (χ0) is 29.5. The molecule has 0 spiro atoms. The first-order chi connectivity index (χ1) is 22.3. The van der Waals surface area contributed by atoms with Gasteiger partial charge >= 0.3 is 0 Å². The number of hydrogen-bond donors (Lipinski definition) is 0. The van der Waals surface area contributed by atoms with Gasteiger partial charge in [-0.25, -0.2) is 9.97 Å². The van der Waals surface area contributed by atoms with E-state index in [0.29, 0.717) is 5.89 Å². The van der Waals surface area contributed by atoms with Crippen LogP contribution in [0, 0.1) is 0 Å². The molecule has 0 aliphatic heterocycles. The molecule has 0 unspecified atom stereocenters. The van der Waals surface area contributed by atoms with Gasteiger partial charge in [0.25, 0.3) is 0 Å². The molecule has 0 saturated carbocycles. The van der Waals surface area contributed by atoms with E-state index in [1.165, 1.54) is 32.5 Å². The Balaban J connectivity index is 1.31. The van der Waals surface area contributed by atoms with Gasteiger partial charge in [-0.3, -0.25) is 4.98 Å². The number of oxazole rings is 1. The van der Waals surface area contributed by atoms with E-state index in [2.05, 4.69) is 97.1 Å². The Bertz CT molecular complexity index is 2630. The lowest BCUT2D eigenvalue weighted by Crippen LogP contribution is -2.00. The largest absolute Gasteiger partial charge is 0.436 e. The topological polar surface area (TPSA) is 51.8 Å². The highest BCUT2D eigenvalue weighted by Gasteiger charge is 2.22. The fourth-order valence-electron chi connectivity index (χ4n) is 7.16. The van der Waals surface area contributed by atoms with Crippen LogP contribution in [-0.4, -0.2) is 15.0 Å². The van der Waals surface area contributed by atoms with Crippen LogP contribution in [0.15, 0.2) is 126 Å². The molecule has 0 radical (unpaired) electrons. The number of nitrogens with zero attached hydrogens (tertiary/aromatic N) is 3. The van der Waals surface area contributed by atoms with Gasteiger partial charge in [0.1, 0.15) is 5.52 Å². The molecule has 6 aromatic carbocycles. The van der Waals surface area contributed by atoms with E-state index >= 15 is 0 Å². The Morgan fingerprint density at radius 3 is 2.20 bits per heavy atom. The van der Waals surface area contributed by atoms with Crippen LogP contribution in [0.2, 0.25) is 0 Å². The Morgan fingerprint density at radius 2 is 1.27 bits per heavy atom. The maximum Gasteiger partial charge on any atom is 0.227 e. The van der Waals surface area contributed by atoms with Gasteiger partial charge in [0.2, 0.25) is 5.89 Å². The number of aromatic nitrogens is 3. The molecule has 0 saturated heterocycles. The molecule has 4 nitrogen and oxygen atoms in total. The molecule has 9 aromatic rings.